The highest BCUT2D eigenvalue weighted by molar-refractivity contribution is 5.86. The van der Waals surface area contributed by atoms with Gasteiger partial charge in [0.2, 0.25) is 11.8 Å². The second-order valence-corrected chi connectivity index (χ2v) is 6.68. The van der Waals surface area contributed by atoms with Crippen LogP contribution in [0.15, 0.2) is 18.2 Å². The summed E-state index contributed by atoms with van der Waals surface area (Å²) in [6.45, 7) is 0.665. The van der Waals surface area contributed by atoms with Crippen LogP contribution in [0.3, 0.4) is 0 Å². The molecule has 1 saturated carbocycles. The molecule has 1 saturated heterocycles. The third kappa shape index (κ3) is 3.98. The topological polar surface area (TPSA) is 58.6 Å². The lowest BCUT2D eigenvalue weighted by Crippen LogP contribution is -2.53. The first-order valence-corrected chi connectivity index (χ1v) is 8.62. The van der Waals surface area contributed by atoms with Crippen LogP contribution in [-0.4, -0.2) is 43.0 Å². The van der Waals surface area contributed by atoms with E-state index in [0.29, 0.717) is 31.6 Å². The molecule has 1 aliphatic heterocycles. The molecule has 1 aromatic rings. The number of nitrogens with one attached hydrogen (secondary N) is 1. The van der Waals surface area contributed by atoms with Gasteiger partial charge in [-0.3, -0.25) is 9.59 Å². The Bertz CT molecular complexity index is 660. The second-order valence-electron chi connectivity index (χ2n) is 6.68. The molecular weight excluding hydrogens is 330 g/mol. The van der Waals surface area contributed by atoms with Gasteiger partial charge in [0.25, 0.3) is 0 Å². The van der Waals surface area contributed by atoms with Gasteiger partial charge in [-0.2, -0.15) is 0 Å². The number of rotatable bonds is 4. The number of amides is 2. The molecule has 7 heteroatoms. The minimum absolute atomic E-state index is 0.0228. The number of carbonyl (C=O) groups excluding carboxylic acids is 2. The molecule has 136 valence electrons. The van der Waals surface area contributed by atoms with Gasteiger partial charge in [-0.25, -0.2) is 8.78 Å². The largest absolute Gasteiger partial charge is 0.370 e. The minimum Gasteiger partial charge on any atom is -0.370 e. The third-order valence-electron chi connectivity index (χ3n) is 4.95. The number of hydrogen-bond donors (Lipinski definition) is 1. The molecule has 0 bridgehead atoms. The van der Waals surface area contributed by atoms with Gasteiger partial charge in [0, 0.05) is 18.2 Å². The molecule has 5 nitrogen and oxygen atoms in total. The molecule has 2 aliphatic rings. The van der Waals surface area contributed by atoms with Crippen LogP contribution in [0.5, 0.6) is 0 Å². The Hall–Kier alpha value is -2.02. The van der Waals surface area contributed by atoms with E-state index in [9.17, 15) is 18.4 Å². The summed E-state index contributed by atoms with van der Waals surface area (Å²) in [6.07, 6.45) is 3.92. The van der Waals surface area contributed by atoms with E-state index in [0.717, 1.165) is 25.3 Å². The highest BCUT2D eigenvalue weighted by atomic mass is 19.1. The molecule has 0 radical (unpaired) electrons. The van der Waals surface area contributed by atoms with E-state index in [-0.39, 0.29) is 25.0 Å². The second kappa shape index (κ2) is 7.47. The molecule has 2 amide bonds. The molecule has 1 aromatic carbocycles. The highest BCUT2D eigenvalue weighted by Gasteiger charge is 2.38. The van der Waals surface area contributed by atoms with Crippen LogP contribution in [0.1, 0.15) is 37.7 Å². The average molecular weight is 352 g/mol. The van der Waals surface area contributed by atoms with Crippen molar-refractivity contribution in [2.75, 3.05) is 26.3 Å². The van der Waals surface area contributed by atoms with Gasteiger partial charge in [0.15, 0.2) is 0 Å². The van der Waals surface area contributed by atoms with Crippen molar-refractivity contribution in [3.63, 3.8) is 0 Å². The summed E-state index contributed by atoms with van der Waals surface area (Å²) >= 11 is 0. The Labute approximate surface area is 145 Å². The summed E-state index contributed by atoms with van der Waals surface area (Å²) in [4.78, 5) is 25.8. The molecule has 25 heavy (non-hydrogen) atoms. The lowest BCUT2D eigenvalue weighted by molar-refractivity contribution is -0.146. The smallest absolute Gasteiger partial charge is 0.249 e. The standard InChI is InChI=1S/C18H22F2N2O3/c19-13-4-5-14(15(20)10-13)18(6-2-1-3-7-18)21-16(23)11-22-8-9-25-12-17(22)24/h4-5,10H,1-3,6-9,11-12H2,(H,21,23). The van der Waals surface area contributed by atoms with Crippen LogP contribution < -0.4 is 5.32 Å². The van der Waals surface area contributed by atoms with Gasteiger partial charge in [0.05, 0.1) is 18.7 Å². The minimum atomic E-state index is -0.845. The van der Waals surface area contributed by atoms with Crippen molar-refractivity contribution in [2.24, 2.45) is 0 Å². The molecule has 2 fully saturated rings. The average Bonchev–Trinajstić information content (AvgIpc) is 2.57. The summed E-state index contributed by atoms with van der Waals surface area (Å²) in [7, 11) is 0. The van der Waals surface area contributed by atoms with E-state index >= 15 is 0 Å². The Balaban J connectivity index is 1.78. The third-order valence-corrected chi connectivity index (χ3v) is 4.95. The van der Waals surface area contributed by atoms with Crippen LogP contribution in [0.2, 0.25) is 0 Å². The molecule has 3 rings (SSSR count). The van der Waals surface area contributed by atoms with Crippen molar-refractivity contribution in [1.82, 2.24) is 10.2 Å². The van der Waals surface area contributed by atoms with Crippen molar-refractivity contribution in [2.45, 2.75) is 37.6 Å². The maximum Gasteiger partial charge on any atom is 0.249 e. The zero-order chi connectivity index (χ0) is 17.9. The van der Waals surface area contributed by atoms with Crippen LogP contribution in [-0.2, 0) is 19.9 Å². The summed E-state index contributed by atoms with van der Waals surface area (Å²) < 4.78 is 32.7. The van der Waals surface area contributed by atoms with E-state index in [1.165, 1.54) is 17.0 Å². The number of carbonyl (C=O) groups is 2. The number of hydrogen-bond acceptors (Lipinski definition) is 3. The van der Waals surface area contributed by atoms with E-state index in [1.54, 1.807) is 0 Å². The van der Waals surface area contributed by atoms with Gasteiger partial charge in [-0.05, 0) is 18.9 Å². The molecule has 1 aliphatic carbocycles. The fourth-order valence-electron chi connectivity index (χ4n) is 3.69. The SMILES string of the molecule is O=C(CN1CCOCC1=O)NC1(c2ccc(F)cc2F)CCCCC1. The van der Waals surface area contributed by atoms with Crippen molar-refractivity contribution >= 4 is 11.8 Å². The number of benzene rings is 1. The molecule has 0 aromatic heterocycles. The van der Waals surface area contributed by atoms with Crippen molar-refractivity contribution in [1.29, 1.82) is 0 Å². The van der Waals surface area contributed by atoms with Crippen LogP contribution in [0.25, 0.3) is 0 Å². The predicted octanol–water partition coefficient (Wildman–Crippen LogP) is 2.10. The lowest BCUT2D eigenvalue weighted by Gasteiger charge is -2.39. The zero-order valence-corrected chi connectivity index (χ0v) is 14.0. The predicted molar refractivity (Wildman–Crippen MR) is 86.7 cm³/mol. The first-order chi connectivity index (χ1) is 12.0. The van der Waals surface area contributed by atoms with Gasteiger partial charge in [-0.15, -0.1) is 0 Å². The van der Waals surface area contributed by atoms with Crippen LogP contribution in [0.4, 0.5) is 8.78 Å². The molecule has 1 N–H and O–H groups in total. The van der Waals surface area contributed by atoms with Crippen molar-refractivity contribution in [3.8, 4) is 0 Å². The Morgan fingerprint density at radius 1 is 1.24 bits per heavy atom. The van der Waals surface area contributed by atoms with Crippen LogP contribution >= 0.6 is 0 Å². The molecule has 1 heterocycles. The Kier molecular flexibility index (Phi) is 5.32. The maximum atomic E-state index is 14.4. The first kappa shape index (κ1) is 17.8. The summed E-state index contributed by atoms with van der Waals surface area (Å²) in [5, 5.41) is 2.94. The fraction of sp³-hybridized carbons (Fsp3) is 0.556. The van der Waals surface area contributed by atoms with Crippen LogP contribution in [0, 0.1) is 11.6 Å². The molecule has 0 spiro atoms. The van der Waals surface area contributed by atoms with Gasteiger partial charge < -0.3 is 15.0 Å². The normalized spacial score (nSPS) is 20.4. The van der Waals surface area contributed by atoms with Gasteiger partial charge >= 0.3 is 0 Å². The van der Waals surface area contributed by atoms with E-state index in [1.807, 2.05) is 0 Å². The lowest BCUT2D eigenvalue weighted by atomic mass is 9.76. The molecule has 0 atom stereocenters. The number of nitrogens with zero attached hydrogens (tertiary/aromatic N) is 1. The van der Waals surface area contributed by atoms with E-state index in [2.05, 4.69) is 5.32 Å². The first-order valence-electron chi connectivity index (χ1n) is 8.62. The Morgan fingerprint density at radius 2 is 2.00 bits per heavy atom. The monoisotopic (exact) mass is 352 g/mol. The van der Waals surface area contributed by atoms with Gasteiger partial charge in [0.1, 0.15) is 18.2 Å². The number of morpholine rings is 1. The fourth-order valence-corrected chi connectivity index (χ4v) is 3.69. The quantitative estimate of drug-likeness (QED) is 0.903. The summed E-state index contributed by atoms with van der Waals surface area (Å²) in [5.74, 6) is -1.85. The maximum absolute atomic E-state index is 14.4. The molecule has 0 unspecified atom stereocenters. The van der Waals surface area contributed by atoms with E-state index in [4.69, 9.17) is 4.74 Å². The highest BCUT2D eigenvalue weighted by Crippen LogP contribution is 2.38. The summed E-state index contributed by atoms with van der Waals surface area (Å²) in [5.41, 5.74) is -0.530. The van der Waals surface area contributed by atoms with E-state index < -0.39 is 17.2 Å². The Morgan fingerprint density at radius 3 is 2.68 bits per heavy atom. The zero-order valence-electron chi connectivity index (χ0n) is 14.0. The van der Waals surface area contributed by atoms with Crippen molar-refractivity contribution < 1.29 is 23.1 Å². The van der Waals surface area contributed by atoms with Gasteiger partial charge in [-0.1, -0.05) is 25.3 Å². The number of halogens is 2. The number of ether oxygens (including phenoxy) is 1. The molecular formula is C18H22F2N2O3. The van der Waals surface area contributed by atoms with Crippen molar-refractivity contribution in [3.05, 3.63) is 35.4 Å². The summed E-state index contributed by atoms with van der Waals surface area (Å²) in [6, 6.07) is 3.48.